The van der Waals surface area contributed by atoms with Crippen LogP contribution < -0.4 is 5.32 Å². The summed E-state index contributed by atoms with van der Waals surface area (Å²) < 4.78 is 0. The molecule has 0 aliphatic heterocycles. The van der Waals surface area contributed by atoms with Crippen LogP contribution >= 0.6 is 22.9 Å². The molecule has 0 saturated carbocycles. The quantitative estimate of drug-likeness (QED) is 0.819. The van der Waals surface area contributed by atoms with E-state index in [2.05, 4.69) is 34.1 Å². The van der Waals surface area contributed by atoms with Crippen molar-refractivity contribution in [1.82, 2.24) is 4.98 Å². The summed E-state index contributed by atoms with van der Waals surface area (Å²) in [6.07, 6.45) is 1.70. The summed E-state index contributed by atoms with van der Waals surface area (Å²) >= 11 is 7.51. The van der Waals surface area contributed by atoms with E-state index in [1.807, 2.05) is 12.1 Å². The molecule has 0 bridgehead atoms. The Kier molecular flexibility index (Phi) is 3.23. The van der Waals surface area contributed by atoms with E-state index in [1.165, 1.54) is 5.56 Å². The smallest absolute Gasteiger partial charge is 0.131 e. The van der Waals surface area contributed by atoms with Gasteiger partial charge in [-0.1, -0.05) is 11.6 Å². The first-order valence-electron chi connectivity index (χ1n) is 4.66. The number of nitrogens with zero attached hydrogens (tertiary/aromatic N) is 1. The predicted octanol–water partition coefficient (Wildman–Crippen LogP) is 3.97. The van der Waals surface area contributed by atoms with Crippen LogP contribution in [0.2, 0.25) is 5.15 Å². The fourth-order valence-electron chi connectivity index (χ4n) is 1.35. The monoisotopic (exact) mass is 238 g/mol. The molecule has 0 spiro atoms. The second-order valence-corrected chi connectivity index (χ2v) is 4.46. The number of nitrogens with one attached hydrogen (secondary N) is 1. The van der Waals surface area contributed by atoms with E-state index >= 15 is 0 Å². The highest BCUT2D eigenvalue weighted by molar-refractivity contribution is 7.07. The largest absolute Gasteiger partial charge is 0.378 e. The molecule has 0 amide bonds. The molecule has 4 heteroatoms. The van der Waals surface area contributed by atoms with E-state index in [1.54, 1.807) is 17.5 Å². The maximum Gasteiger partial charge on any atom is 0.131 e. The van der Waals surface area contributed by atoms with Crippen molar-refractivity contribution in [2.75, 3.05) is 5.32 Å². The van der Waals surface area contributed by atoms with Gasteiger partial charge in [0, 0.05) is 17.9 Å². The Morgan fingerprint density at radius 1 is 1.47 bits per heavy atom. The van der Waals surface area contributed by atoms with E-state index in [9.17, 15) is 0 Å². The van der Waals surface area contributed by atoms with Gasteiger partial charge in [-0.25, -0.2) is 4.98 Å². The highest BCUT2D eigenvalue weighted by Gasteiger charge is 2.05. The van der Waals surface area contributed by atoms with Gasteiger partial charge >= 0.3 is 0 Å². The first kappa shape index (κ1) is 10.5. The molecule has 78 valence electrons. The van der Waals surface area contributed by atoms with Gasteiger partial charge in [0.1, 0.15) is 5.15 Å². The third-order valence-electron chi connectivity index (χ3n) is 2.15. The minimum absolute atomic E-state index is 0.287. The second-order valence-electron chi connectivity index (χ2n) is 3.29. The molecule has 2 aromatic heterocycles. The van der Waals surface area contributed by atoms with Gasteiger partial charge in [-0.15, -0.1) is 0 Å². The van der Waals surface area contributed by atoms with Gasteiger partial charge in [-0.2, -0.15) is 11.3 Å². The van der Waals surface area contributed by atoms with Crippen molar-refractivity contribution in [2.45, 2.75) is 13.0 Å². The number of thiophene rings is 1. The molecule has 0 fully saturated rings. The molecule has 15 heavy (non-hydrogen) atoms. The maximum atomic E-state index is 5.80. The molecule has 0 aromatic carbocycles. The second kappa shape index (κ2) is 4.64. The van der Waals surface area contributed by atoms with Crippen LogP contribution in [0.15, 0.2) is 35.2 Å². The molecule has 2 aromatic rings. The van der Waals surface area contributed by atoms with Gasteiger partial charge in [0.25, 0.3) is 0 Å². The Bertz CT molecular complexity index is 428. The highest BCUT2D eigenvalue weighted by Crippen LogP contribution is 2.21. The van der Waals surface area contributed by atoms with Crippen LogP contribution in [0.3, 0.4) is 0 Å². The lowest BCUT2D eigenvalue weighted by molar-refractivity contribution is 0.890. The molecular formula is C11H11ClN2S. The minimum atomic E-state index is 0.287. The van der Waals surface area contributed by atoms with E-state index < -0.39 is 0 Å². The average molecular weight is 239 g/mol. The molecule has 2 heterocycles. The zero-order valence-corrected chi connectivity index (χ0v) is 9.85. The van der Waals surface area contributed by atoms with Crippen molar-refractivity contribution in [1.29, 1.82) is 0 Å². The van der Waals surface area contributed by atoms with E-state index in [4.69, 9.17) is 11.6 Å². The summed E-state index contributed by atoms with van der Waals surface area (Å²) in [6, 6.07) is 6.14. The number of halogens is 1. The molecule has 1 N–H and O–H groups in total. The van der Waals surface area contributed by atoms with Crippen LogP contribution in [0.4, 0.5) is 5.69 Å². The summed E-state index contributed by atoms with van der Waals surface area (Å²) in [5.74, 6) is 0. The van der Waals surface area contributed by atoms with Crippen LogP contribution in [-0.4, -0.2) is 4.98 Å². The number of pyridine rings is 1. The standard InChI is InChI=1S/C11H11ClN2S/c1-8(9-3-5-15-7-9)14-10-2-4-13-11(12)6-10/h2-8H,1H3,(H,13,14). The summed E-state index contributed by atoms with van der Waals surface area (Å²) in [5.41, 5.74) is 2.28. The number of aromatic nitrogens is 1. The molecule has 0 aliphatic carbocycles. The Hall–Kier alpha value is -1.06. The normalized spacial score (nSPS) is 12.4. The van der Waals surface area contributed by atoms with Gasteiger partial charge < -0.3 is 5.32 Å². The van der Waals surface area contributed by atoms with Crippen molar-refractivity contribution >= 4 is 28.6 Å². The first-order valence-corrected chi connectivity index (χ1v) is 5.98. The summed E-state index contributed by atoms with van der Waals surface area (Å²) in [6.45, 7) is 2.12. The number of hydrogen-bond acceptors (Lipinski definition) is 3. The third kappa shape index (κ3) is 2.70. The Balaban J connectivity index is 2.09. The van der Waals surface area contributed by atoms with Gasteiger partial charge in [0.15, 0.2) is 0 Å². The summed E-state index contributed by atoms with van der Waals surface area (Å²) in [5, 5.41) is 8.09. The minimum Gasteiger partial charge on any atom is -0.378 e. The number of rotatable bonds is 3. The molecule has 0 radical (unpaired) electrons. The molecular weight excluding hydrogens is 228 g/mol. The lowest BCUT2D eigenvalue weighted by Crippen LogP contribution is -2.05. The molecule has 1 atom stereocenters. The van der Waals surface area contributed by atoms with Crippen molar-refractivity contribution in [3.8, 4) is 0 Å². The summed E-state index contributed by atoms with van der Waals surface area (Å²) in [7, 11) is 0. The van der Waals surface area contributed by atoms with Crippen molar-refractivity contribution in [3.63, 3.8) is 0 Å². The Morgan fingerprint density at radius 3 is 3.00 bits per heavy atom. The van der Waals surface area contributed by atoms with E-state index in [-0.39, 0.29) is 6.04 Å². The topological polar surface area (TPSA) is 24.9 Å². The van der Waals surface area contributed by atoms with Gasteiger partial charge in [0.2, 0.25) is 0 Å². The zero-order valence-electron chi connectivity index (χ0n) is 8.27. The SMILES string of the molecule is CC(Nc1ccnc(Cl)c1)c1ccsc1. The average Bonchev–Trinajstić information content (AvgIpc) is 2.70. The summed E-state index contributed by atoms with van der Waals surface area (Å²) in [4.78, 5) is 3.94. The molecule has 1 unspecified atom stereocenters. The lowest BCUT2D eigenvalue weighted by Gasteiger charge is -2.13. The molecule has 2 rings (SSSR count). The highest BCUT2D eigenvalue weighted by atomic mass is 35.5. The predicted molar refractivity (Wildman–Crippen MR) is 65.6 cm³/mol. The van der Waals surface area contributed by atoms with Gasteiger partial charge in [-0.05, 0) is 41.4 Å². The Morgan fingerprint density at radius 2 is 2.33 bits per heavy atom. The lowest BCUT2D eigenvalue weighted by atomic mass is 10.2. The zero-order chi connectivity index (χ0) is 10.7. The maximum absolute atomic E-state index is 5.80. The van der Waals surface area contributed by atoms with Crippen LogP contribution in [0.1, 0.15) is 18.5 Å². The number of hydrogen-bond donors (Lipinski definition) is 1. The molecule has 2 nitrogen and oxygen atoms in total. The van der Waals surface area contributed by atoms with Crippen molar-refractivity contribution in [2.24, 2.45) is 0 Å². The van der Waals surface area contributed by atoms with Gasteiger partial charge in [0.05, 0.1) is 0 Å². The van der Waals surface area contributed by atoms with Crippen molar-refractivity contribution in [3.05, 3.63) is 45.9 Å². The van der Waals surface area contributed by atoms with Crippen LogP contribution in [-0.2, 0) is 0 Å². The first-order chi connectivity index (χ1) is 7.25. The fraction of sp³-hybridized carbons (Fsp3) is 0.182. The van der Waals surface area contributed by atoms with E-state index in [0.717, 1.165) is 5.69 Å². The van der Waals surface area contributed by atoms with Gasteiger partial charge in [-0.3, -0.25) is 0 Å². The van der Waals surface area contributed by atoms with Crippen LogP contribution in [0, 0.1) is 0 Å². The molecule has 0 saturated heterocycles. The third-order valence-corrected chi connectivity index (χ3v) is 3.06. The Labute approximate surface area is 97.9 Å². The van der Waals surface area contributed by atoms with Crippen molar-refractivity contribution < 1.29 is 0 Å². The fourth-order valence-corrected chi connectivity index (χ4v) is 2.27. The van der Waals surface area contributed by atoms with E-state index in [0.29, 0.717) is 5.15 Å². The number of anilines is 1. The molecule has 0 aliphatic rings. The van der Waals surface area contributed by atoms with Crippen LogP contribution in [0.25, 0.3) is 0 Å². The van der Waals surface area contributed by atoms with Crippen LogP contribution in [0.5, 0.6) is 0 Å².